The number of hydrogen-bond donors (Lipinski definition) is 2. The van der Waals surface area contributed by atoms with Crippen molar-refractivity contribution in [1.82, 2.24) is 0 Å². The van der Waals surface area contributed by atoms with Gasteiger partial charge in [0.2, 0.25) is 0 Å². The van der Waals surface area contributed by atoms with E-state index in [1.807, 2.05) is 0 Å². The third kappa shape index (κ3) is 4.32. The van der Waals surface area contributed by atoms with Crippen LogP contribution in [0.5, 0.6) is 0 Å². The van der Waals surface area contributed by atoms with Crippen molar-refractivity contribution in [2.75, 3.05) is 18.5 Å². The fourth-order valence-corrected chi connectivity index (χ4v) is 1.61. The molecular formula is C14H15F2NO3. The van der Waals surface area contributed by atoms with Crippen LogP contribution in [0.4, 0.5) is 14.5 Å². The molecule has 1 aromatic heterocycles. The number of ether oxygens (including phenoxy) is 1. The molecule has 1 unspecified atom stereocenters. The third-order valence-electron chi connectivity index (χ3n) is 2.59. The molecular weight excluding hydrogens is 268 g/mol. The van der Waals surface area contributed by atoms with Gasteiger partial charge in [0.1, 0.15) is 24.0 Å². The maximum atomic E-state index is 13.3. The minimum absolute atomic E-state index is 0.0799. The van der Waals surface area contributed by atoms with E-state index >= 15 is 0 Å². The molecule has 0 radical (unpaired) electrons. The van der Waals surface area contributed by atoms with Gasteiger partial charge in [-0.15, -0.1) is 0 Å². The first kappa shape index (κ1) is 14.5. The number of furan rings is 1. The number of rotatable bonds is 7. The van der Waals surface area contributed by atoms with E-state index in [4.69, 9.17) is 9.15 Å². The standard InChI is InChI=1S/C14H15F2NO3/c15-10-3-4-14(13(16)6-10)17-7-11(18)8-19-9-12-2-1-5-20-12/h1-6,11,17-18H,7-9H2. The Hall–Kier alpha value is -1.92. The van der Waals surface area contributed by atoms with Gasteiger partial charge in [-0.05, 0) is 24.3 Å². The topological polar surface area (TPSA) is 54.6 Å². The summed E-state index contributed by atoms with van der Waals surface area (Å²) < 4.78 is 36.3. The zero-order valence-corrected chi connectivity index (χ0v) is 10.7. The second-order valence-electron chi connectivity index (χ2n) is 4.25. The average molecular weight is 283 g/mol. The Kier molecular flexibility index (Phi) is 5.09. The fraction of sp³-hybridized carbons (Fsp3) is 0.286. The third-order valence-corrected chi connectivity index (χ3v) is 2.59. The number of aliphatic hydroxyl groups is 1. The molecule has 1 heterocycles. The maximum absolute atomic E-state index is 13.3. The van der Waals surface area contributed by atoms with Crippen molar-refractivity contribution in [1.29, 1.82) is 0 Å². The summed E-state index contributed by atoms with van der Waals surface area (Å²) in [7, 11) is 0. The molecule has 0 saturated carbocycles. The Labute approximate surface area is 115 Å². The van der Waals surface area contributed by atoms with Crippen LogP contribution >= 0.6 is 0 Å². The van der Waals surface area contributed by atoms with Crippen LogP contribution in [0.2, 0.25) is 0 Å². The SMILES string of the molecule is OC(CNc1ccc(F)cc1F)COCc1ccco1. The average Bonchev–Trinajstić information content (AvgIpc) is 2.91. The maximum Gasteiger partial charge on any atom is 0.149 e. The predicted molar refractivity (Wildman–Crippen MR) is 69.2 cm³/mol. The molecule has 2 aromatic rings. The van der Waals surface area contributed by atoms with Crippen molar-refractivity contribution < 1.29 is 23.0 Å². The molecule has 0 fully saturated rings. The lowest BCUT2D eigenvalue weighted by atomic mass is 10.3. The monoisotopic (exact) mass is 283 g/mol. The molecule has 0 saturated heterocycles. The van der Waals surface area contributed by atoms with Gasteiger partial charge < -0.3 is 19.6 Å². The molecule has 2 rings (SSSR count). The highest BCUT2D eigenvalue weighted by atomic mass is 19.1. The van der Waals surface area contributed by atoms with E-state index < -0.39 is 17.7 Å². The van der Waals surface area contributed by atoms with Gasteiger partial charge in [-0.25, -0.2) is 8.78 Å². The summed E-state index contributed by atoms with van der Waals surface area (Å²) in [5, 5.41) is 12.4. The van der Waals surface area contributed by atoms with E-state index in [0.717, 1.165) is 12.1 Å². The fourth-order valence-electron chi connectivity index (χ4n) is 1.61. The molecule has 4 nitrogen and oxygen atoms in total. The molecule has 1 aromatic carbocycles. The van der Waals surface area contributed by atoms with Crippen LogP contribution in [-0.4, -0.2) is 24.4 Å². The van der Waals surface area contributed by atoms with Crippen molar-refractivity contribution in [3.63, 3.8) is 0 Å². The molecule has 0 aliphatic rings. The largest absolute Gasteiger partial charge is 0.467 e. The number of hydrogen-bond acceptors (Lipinski definition) is 4. The molecule has 6 heteroatoms. The van der Waals surface area contributed by atoms with Gasteiger partial charge in [-0.3, -0.25) is 0 Å². The smallest absolute Gasteiger partial charge is 0.149 e. The van der Waals surface area contributed by atoms with E-state index in [1.54, 1.807) is 12.1 Å². The second-order valence-corrected chi connectivity index (χ2v) is 4.25. The zero-order chi connectivity index (χ0) is 14.4. The van der Waals surface area contributed by atoms with E-state index in [9.17, 15) is 13.9 Å². The zero-order valence-electron chi connectivity index (χ0n) is 10.7. The summed E-state index contributed by atoms with van der Waals surface area (Å²) >= 11 is 0. The number of halogens is 2. The number of benzene rings is 1. The first-order chi connectivity index (χ1) is 9.65. The van der Waals surface area contributed by atoms with Crippen molar-refractivity contribution in [3.05, 3.63) is 54.0 Å². The quantitative estimate of drug-likeness (QED) is 0.820. The van der Waals surface area contributed by atoms with Crippen LogP contribution in [0.1, 0.15) is 5.76 Å². The van der Waals surface area contributed by atoms with Crippen LogP contribution in [0.3, 0.4) is 0 Å². The Morgan fingerprint density at radius 2 is 2.15 bits per heavy atom. The Morgan fingerprint density at radius 1 is 1.30 bits per heavy atom. The highest BCUT2D eigenvalue weighted by Gasteiger charge is 2.08. The molecule has 2 N–H and O–H groups in total. The van der Waals surface area contributed by atoms with Gasteiger partial charge in [0.25, 0.3) is 0 Å². The van der Waals surface area contributed by atoms with E-state index in [2.05, 4.69) is 5.32 Å². The summed E-state index contributed by atoms with van der Waals surface area (Å²) in [6, 6.07) is 6.71. The van der Waals surface area contributed by atoms with Crippen LogP contribution < -0.4 is 5.32 Å². The summed E-state index contributed by atoms with van der Waals surface area (Å²) in [4.78, 5) is 0. The molecule has 0 bridgehead atoms. The normalized spacial score (nSPS) is 12.3. The minimum atomic E-state index is -0.811. The molecule has 0 spiro atoms. The lowest BCUT2D eigenvalue weighted by Crippen LogP contribution is -2.25. The molecule has 0 aliphatic carbocycles. The van der Waals surface area contributed by atoms with Crippen LogP contribution in [0, 0.1) is 11.6 Å². The van der Waals surface area contributed by atoms with Crippen LogP contribution in [0.15, 0.2) is 41.0 Å². The highest BCUT2D eigenvalue weighted by Crippen LogP contribution is 2.14. The minimum Gasteiger partial charge on any atom is -0.467 e. The van der Waals surface area contributed by atoms with Gasteiger partial charge in [0.15, 0.2) is 0 Å². The predicted octanol–water partition coefficient (Wildman–Crippen LogP) is 2.55. The lowest BCUT2D eigenvalue weighted by Gasteiger charge is -2.13. The van der Waals surface area contributed by atoms with Crippen LogP contribution in [-0.2, 0) is 11.3 Å². The molecule has 108 valence electrons. The molecule has 20 heavy (non-hydrogen) atoms. The lowest BCUT2D eigenvalue weighted by molar-refractivity contribution is 0.0282. The first-order valence-electron chi connectivity index (χ1n) is 6.12. The van der Waals surface area contributed by atoms with Crippen LogP contribution in [0.25, 0.3) is 0 Å². The number of anilines is 1. The van der Waals surface area contributed by atoms with E-state index in [1.165, 1.54) is 12.3 Å². The van der Waals surface area contributed by atoms with Crippen molar-refractivity contribution in [2.45, 2.75) is 12.7 Å². The molecule has 0 aliphatic heterocycles. The van der Waals surface area contributed by atoms with Gasteiger partial charge in [-0.2, -0.15) is 0 Å². The van der Waals surface area contributed by atoms with Gasteiger partial charge >= 0.3 is 0 Å². The van der Waals surface area contributed by atoms with Crippen molar-refractivity contribution >= 4 is 5.69 Å². The van der Waals surface area contributed by atoms with Crippen molar-refractivity contribution in [3.8, 4) is 0 Å². The number of aliphatic hydroxyl groups excluding tert-OH is 1. The highest BCUT2D eigenvalue weighted by molar-refractivity contribution is 5.44. The summed E-state index contributed by atoms with van der Waals surface area (Å²) in [6.07, 6.45) is 0.725. The van der Waals surface area contributed by atoms with Gasteiger partial charge in [0.05, 0.1) is 24.7 Å². The molecule has 0 amide bonds. The summed E-state index contributed by atoms with van der Waals surface area (Å²) in [5.41, 5.74) is 0.136. The number of nitrogens with one attached hydrogen (secondary N) is 1. The van der Waals surface area contributed by atoms with E-state index in [-0.39, 0.29) is 25.4 Å². The van der Waals surface area contributed by atoms with Crippen molar-refractivity contribution in [2.24, 2.45) is 0 Å². The Balaban J connectivity index is 1.70. The Bertz CT molecular complexity index is 531. The Morgan fingerprint density at radius 3 is 2.85 bits per heavy atom. The second kappa shape index (κ2) is 7.02. The summed E-state index contributed by atoms with van der Waals surface area (Å²) in [5.74, 6) is -0.682. The van der Waals surface area contributed by atoms with Gasteiger partial charge in [0, 0.05) is 12.6 Å². The molecule has 1 atom stereocenters. The first-order valence-corrected chi connectivity index (χ1v) is 6.12. The summed E-state index contributed by atoms with van der Waals surface area (Å²) in [6.45, 7) is 0.437. The van der Waals surface area contributed by atoms with Gasteiger partial charge in [-0.1, -0.05) is 0 Å². The van der Waals surface area contributed by atoms with E-state index in [0.29, 0.717) is 5.76 Å².